The van der Waals surface area contributed by atoms with E-state index >= 15 is 0 Å². The molecule has 424 valence electrons. The van der Waals surface area contributed by atoms with E-state index in [1.54, 1.807) is 0 Å². The van der Waals surface area contributed by atoms with Crippen LogP contribution < -0.4 is 19.5 Å². The molecule has 0 saturated heterocycles. The van der Waals surface area contributed by atoms with Crippen LogP contribution in [0.1, 0.15) is 345 Å². The first-order valence-corrected chi connectivity index (χ1v) is 32.6. The second-order valence-electron chi connectivity index (χ2n) is 22.4. The smallest absolute Gasteiger partial charge is 0.255 e. The van der Waals surface area contributed by atoms with Gasteiger partial charge in [-0.1, -0.05) is 316 Å². The lowest BCUT2D eigenvalue weighted by Crippen LogP contribution is -2.14. The molecular weight excluding hydrogens is 907 g/mol. The third kappa shape index (κ3) is 39.3. The molecule has 0 unspecified atom stereocenters. The highest BCUT2D eigenvalue weighted by Crippen LogP contribution is 2.40. The number of amides is 1. The summed E-state index contributed by atoms with van der Waals surface area (Å²) in [6.07, 6.45) is 69.8. The molecule has 0 aliphatic rings. The third-order valence-corrected chi connectivity index (χ3v) is 15.3. The summed E-state index contributed by atoms with van der Waals surface area (Å²) in [4.78, 5) is 13.9. The molecule has 2 aromatic rings. The first-order valence-electron chi connectivity index (χ1n) is 32.6. The van der Waals surface area contributed by atoms with Gasteiger partial charge >= 0.3 is 0 Å². The van der Waals surface area contributed by atoms with Gasteiger partial charge in [-0.15, -0.1) is 6.42 Å². The molecule has 0 atom stereocenters. The maximum absolute atomic E-state index is 13.9. The molecule has 1 amide bonds. The molecule has 74 heavy (non-hydrogen) atoms. The lowest BCUT2D eigenvalue weighted by Gasteiger charge is -2.19. The Hall–Kier alpha value is -3.13. The van der Waals surface area contributed by atoms with Gasteiger partial charge in [-0.05, 0) is 55.7 Å². The van der Waals surface area contributed by atoms with Gasteiger partial charge in [0.15, 0.2) is 11.5 Å². The second-order valence-corrected chi connectivity index (χ2v) is 22.4. The number of carbonyl (C=O) groups is 1. The largest absolute Gasteiger partial charge is 0.490 e. The summed E-state index contributed by atoms with van der Waals surface area (Å²) in [6, 6.07) is 11.1. The van der Waals surface area contributed by atoms with Crippen molar-refractivity contribution in [1.82, 2.24) is 0 Å². The van der Waals surface area contributed by atoms with Crippen molar-refractivity contribution in [1.29, 1.82) is 0 Å². The first kappa shape index (κ1) is 67.0. The summed E-state index contributed by atoms with van der Waals surface area (Å²) >= 11 is 0. The highest BCUT2D eigenvalue weighted by Gasteiger charge is 2.20. The van der Waals surface area contributed by atoms with E-state index in [1.807, 2.05) is 36.4 Å². The van der Waals surface area contributed by atoms with Gasteiger partial charge in [0.05, 0.1) is 19.8 Å². The third-order valence-electron chi connectivity index (χ3n) is 15.3. The number of unbranched alkanes of at least 4 members (excludes halogenated alkanes) is 45. The van der Waals surface area contributed by atoms with Crippen LogP contribution in [0, 0.1) is 12.3 Å². The molecule has 0 aromatic heterocycles. The molecule has 0 saturated carbocycles. The van der Waals surface area contributed by atoms with Crippen LogP contribution >= 0.6 is 0 Å². The van der Waals surface area contributed by atoms with E-state index in [1.165, 1.54) is 270 Å². The minimum Gasteiger partial charge on any atom is -0.490 e. The minimum atomic E-state index is -0.206. The fourth-order valence-corrected chi connectivity index (χ4v) is 10.4. The summed E-state index contributed by atoms with van der Waals surface area (Å²) in [5, 5.41) is 3.08. The van der Waals surface area contributed by atoms with Crippen LogP contribution in [0.4, 0.5) is 5.69 Å². The van der Waals surface area contributed by atoms with E-state index in [2.05, 4.69) is 32.0 Å². The van der Waals surface area contributed by atoms with Crippen molar-refractivity contribution >= 4 is 11.6 Å². The van der Waals surface area contributed by atoms with E-state index in [-0.39, 0.29) is 5.91 Å². The number of nitrogens with one attached hydrogen (secondary N) is 1. The van der Waals surface area contributed by atoms with Crippen molar-refractivity contribution in [2.45, 2.75) is 329 Å². The quantitative estimate of drug-likeness (QED) is 0.0530. The number of anilines is 1. The molecular formula is C69H119NO4. The topological polar surface area (TPSA) is 56.8 Å². The van der Waals surface area contributed by atoms with Gasteiger partial charge in [0.2, 0.25) is 5.75 Å². The molecule has 0 fully saturated rings. The van der Waals surface area contributed by atoms with Crippen LogP contribution in [-0.2, 0) is 0 Å². The fourth-order valence-electron chi connectivity index (χ4n) is 10.4. The standard InChI is InChI=1S/C69H119NO4/c1-5-9-12-15-18-21-24-27-30-33-36-39-42-45-48-51-58-72-66-61-64(69(71)70-65-56-54-63(8-4)55-57-65)62-67(73-59-52-49-46-43-40-37-34-31-28-25-22-19-16-13-10-6-2)68(66)74-60-53-50-47-44-41-38-35-32-29-26-23-20-17-14-11-7-3/h4,54-57,61-62H,5-7,9-53,58-60H2,1-3H3,(H,70,71). The molecule has 0 spiro atoms. The van der Waals surface area contributed by atoms with Gasteiger partial charge in [0, 0.05) is 16.8 Å². The molecule has 2 aromatic carbocycles. The van der Waals surface area contributed by atoms with Crippen LogP contribution in [-0.4, -0.2) is 25.7 Å². The lowest BCUT2D eigenvalue weighted by molar-refractivity contribution is 0.102. The highest BCUT2D eigenvalue weighted by molar-refractivity contribution is 6.05. The zero-order chi connectivity index (χ0) is 52.9. The summed E-state index contributed by atoms with van der Waals surface area (Å²) in [5.74, 6) is 4.33. The molecule has 0 radical (unpaired) electrons. The first-order chi connectivity index (χ1) is 36.6. The number of carbonyl (C=O) groups excluding carboxylic acids is 1. The number of hydrogen-bond acceptors (Lipinski definition) is 4. The number of terminal acetylenes is 1. The predicted octanol–water partition coefficient (Wildman–Crippen LogP) is 22.8. The fraction of sp³-hybridized carbons (Fsp3) is 0.783. The SMILES string of the molecule is C#Cc1ccc(NC(=O)c2cc(OCCCCCCCCCCCCCCCCCC)c(OCCCCCCCCCCCCCCCCCC)c(OCCCCCCCCCCCCCCCCCC)c2)cc1. The van der Waals surface area contributed by atoms with Gasteiger partial charge in [-0.2, -0.15) is 0 Å². The van der Waals surface area contributed by atoms with E-state index in [4.69, 9.17) is 20.6 Å². The molecule has 0 aliphatic heterocycles. The number of rotatable bonds is 56. The Morgan fingerprint density at radius 2 is 0.608 bits per heavy atom. The van der Waals surface area contributed by atoms with Crippen LogP contribution in [0.2, 0.25) is 0 Å². The van der Waals surface area contributed by atoms with Gasteiger partial charge in [-0.3, -0.25) is 4.79 Å². The molecule has 5 nitrogen and oxygen atoms in total. The second kappa shape index (κ2) is 51.9. The summed E-state index contributed by atoms with van der Waals surface area (Å²) in [7, 11) is 0. The summed E-state index contributed by atoms with van der Waals surface area (Å²) < 4.78 is 19.8. The van der Waals surface area contributed by atoms with Crippen molar-refractivity contribution in [2.75, 3.05) is 25.1 Å². The summed E-state index contributed by atoms with van der Waals surface area (Å²) in [6.45, 7) is 8.67. The van der Waals surface area contributed by atoms with Gasteiger partial charge in [0.1, 0.15) is 0 Å². The number of hydrogen-bond donors (Lipinski definition) is 1. The Balaban J connectivity index is 1.92. The molecule has 0 bridgehead atoms. The van der Waals surface area contributed by atoms with Crippen LogP contribution in [0.5, 0.6) is 17.2 Å². The van der Waals surface area contributed by atoms with Crippen LogP contribution in [0.15, 0.2) is 36.4 Å². The lowest BCUT2D eigenvalue weighted by atomic mass is 10.0. The van der Waals surface area contributed by atoms with E-state index in [0.29, 0.717) is 48.3 Å². The zero-order valence-corrected chi connectivity index (χ0v) is 49.2. The van der Waals surface area contributed by atoms with E-state index in [9.17, 15) is 4.79 Å². The van der Waals surface area contributed by atoms with Crippen LogP contribution in [0.25, 0.3) is 0 Å². The number of benzene rings is 2. The maximum Gasteiger partial charge on any atom is 0.255 e. The zero-order valence-electron chi connectivity index (χ0n) is 49.2. The predicted molar refractivity (Wildman–Crippen MR) is 324 cm³/mol. The van der Waals surface area contributed by atoms with Gasteiger partial charge in [0.25, 0.3) is 5.91 Å². The van der Waals surface area contributed by atoms with Crippen LogP contribution in [0.3, 0.4) is 0 Å². The molecule has 5 heteroatoms. The maximum atomic E-state index is 13.9. The van der Waals surface area contributed by atoms with E-state index < -0.39 is 0 Å². The van der Waals surface area contributed by atoms with Crippen molar-refractivity contribution < 1.29 is 19.0 Å². The van der Waals surface area contributed by atoms with Gasteiger partial charge in [-0.25, -0.2) is 0 Å². The Morgan fingerprint density at radius 3 is 0.865 bits per heavy atom. The van der Waals surface area contributed by atoms with Crippen molar-refractivity contribution in [3.8, 4) is 29.6 Å². The van der Waals surface area contributed by atoms with Gasteiger partial charge < -0.3 is 19.5 Å². The Morgan fingerprint density at radius 1 is 0.365 bits per heavy atom. The average Bonchev–Trinajstić information content (AvgIpc) is 3.41. The van der Waals surface area contributed by atoms with E-state index in [0.717, 1.165) is 44.1 Å². The Kier molecular flexibility index (Phi) is 47.0. The molecule has 2 rings (SSSR count). The summed E-state index contributed by atoms with van der Waals surface area (Å²) in [5.41, 5.74) is 1.98. The van der Waals surface area contributed by atoms with Crippen molar-refractivity contribution in [3.63, 3.8) is 0 Å². The monoisotopic (exact) mass is 1030 g/mol. The Labute approximate surface area is 459 Å². The number of ether oxygens (including phenoxy) is 3. The molecule has 0 heterocycles. The minimum absolute atomic E-state index is 0.206. The average molecular weight is 1030 g/mol. The van der Waals surface area contributed by atoms with Crippen molar-refractivity contribution in [2.24, 2.45) is 0 Å². The normalized spacial score (nSPS) is 11.3. The highest BCUT2D eigenvalue weighted by atomic mass is 16.5. The Bertz CT molecular complexity index is 1500. The molecule has 0 aliphatic carbocycles. The molecule has 1 N–H and O–H groups in total. The van der Waals surface area contributed by atoms with Crippen molar-refractivity contribution in [3.05, 3.63) is 47.5 Å².